The molecule has 1 amide bonds. The van der Waals surface area contributed by atoms with Gasteiger partial charge in [-0.1, -0.05) is 66.1 Å². The highest BCUT2D eigenvalue weighted by atomic mass is 16.1. The van der Waals surface area contributed by atoms with E-state index in [0.29, 0.717) is 0 Å². The van der Waals surface area contributed by atoms with E-state index in [2.05, 4.69) is 48.3 Å². The Labute approximate surface area is 126 Å². The molecule has 21 heavy (non-hydrogen) atoms. The molecule has 2 rings (SSSR count). The largest absolute Gasteiger partial charge is 0.338 e. The Morgan fingerprint density at radius 1 is 1.10 bits per heavy atom. The molecule has 0 aliphatic rings. The van der Waals surface area contributed by atoms with Crippen LogP contribution >= 0.6 is 0 Å². The summed E-state index contributed by atoms with van der Waals surface area (Å²) >= 11 is 0. The highest BCUT2D eigenvalue weighted by molar-refractivity contribution is 5.93. The van der Waals surface area contributed by atoms with E-state index in [0.717, 1.165) is 12.0 Å². The van der Waals surface area contributed by atoms with Crippen molar-refractivity contribution in [3.8, 4) is 11.8 Å². The third kappa shape index (κ3) is 4.50. The summed E-state index contributed by atoms with van der Waals surface area (Å²) in [7, 11) is 0. The van der Waals surface area contributed by atoms with Crippen molar-refractivity contribution >= 4 is 5.91 Å². The number of nitrogens with one attached hydrogen (secondary N) is 1. The van der Waals surface area contributed by atoms with E-state index in [9.17, 15) is 4.79 Å². The number of rotatable bonds is 4. The Bertz CT molecular complexity index is 647. The van der Waals surface area contributed by atoms with Gasteiger partial charge < -0.3 is 5.32 Å². The van der Waals surface area contributed by atoms with Crippen LogP contribution in [0.3, 0.4) is 0 Å². The predicted octanol–water partition coefficient (Wildman–Crippen LogP) is 3.42. The molecule has 0 saturated heterocycles. The monoisotopic (exact) mass is 277 g/mol. The third-order valence-corrected chi connectivity index (χ3v) is 3.31. The van der Waals surface area contributed by atoms with Gasteiger partial charge in [-0.25, -0.2) is 0 Å². The summed E-state index contributed by atoms with van der Waals surface area (Å²) in [5, 5.41) is 2.98. The average Bonchev–Trinajstić information content (AvgIpc) is 2.50. The molecule has 0 heterocycles. The standard InChI is InChI=1S/C19H19NO/c1-3-7-19(21)20-18(17-8-5-4-6-9-17)14-16-12-10-15(2)11-13-16/h4-6,8-13,18H,14H2,1-2H3,(H,20,21). The van der Waals surface area contributed by atoms with Crippen LogP contribution in [-0.4, -0.2) is 5.91 Å². The normalized spacial score (nSPS) is 11.1. The second-order valence-electron chi connectivity index (χ2n) is 5.00. The van der Waals surface area contributed by atoms with E-state index in [1.54, 1.807) is 6.92 Å². The number of benzene rings is 2. The number of aryl methyl sites for hydroxylation is 1. The van der Waals surface area contributed by atoms with Crippen molar-refractivity contribution in [3.05, 3.63) is 71.3 Å². The molecule has 0 spiro atoms. The minimum atomic E-state index is -0.238. The zero-order valence-corrected chi connectivity index (χ0v) is 12.4. The summed E-state index contributed by atoms with van der Waals surface area (Å²) in [6, 6.07) is 18.3. The fourth-order valence-corrected chi connectivity index (χ4v) is 2.21. The third-order valence-electron chi connectivity index (χ3n) is 3.31. The summed E-state index contributed by atoms with van der Waals surface area (Å²) in [6.07, 6.45) is 0.751. The molecule has 1 atom stereocenters. The fourth-order valence-electron chi connectivity index (χ4n) is 2.21. The summed E-state index contributed by atoms with van der Waals surface area (Å²) in [6.45, 7) is 3.73. The van der Waals surface area contributed by atoms with Crippen LogP contribution in [0.15, 0.2) is 54.6 Å². The molecule has 0 fully saturated rings. The summed E-state index contributed by atoms with van der Waals surface area (Å²) < 4.78 is 0. The Balaban J connectivity index is 2.20. The SMILES string of the molecule is CC#CC(=O)NC(Cc1ccc(C)cc1)c1ccccc1. The first-order valence-corrected chi connectivity index (χ1v) is 7.03. The Kier molecular flexibility index (Phi) is 5.17. The maximum atomic E-state index is 11.8. The van der Waals surface area contributed by atoms with E-state index < -0.39 is 0 Å². The van der Waals surface area contributed by atoms with Gasteiger partial charge in [0.15, 0.2) is 0 Å². The van der Waals surface area contributed by atoms with Gasteiger partial charge in [-0.3, -0.25) is 4.79 Å². The molecule has 0 aliphatic heterocycles. The van der Waals surface area contributed by atoms with Crippen LogP contribution in [0.4, 0.5) is 0 Å². The van der Waals surface area contributed by atoms with Gasteiger partial charge in [0.05, 0.1) is 6.04 Å². The van der Waals surface area contributed by atoms with Crippen LogP contribution in [0.25, 0.3) is 0 Å². The predicted molar refractivity (Wildman–Crippen MR) is 85.7 cm³/mol. The molecule has 0 aliphatic carbocycles. The lowest BCUT2D eigenvalue weighted by molar-refractivity contribution is -0.116. The lowest BCUT2D eigenvalue weighted by Crippen LogP contribution is -2.28. The van der Waals surface area contributed by atoms with Crippen LogP contribution in [0, 0.1) is 18.8 Å². The van der Waals surface area contributed by atoms with Crippen molar-refractivity contribution in [2.24, 2.45) is 0 Å². The second-order valence-corrected chi connectivity index (χ2v) is 5.00. The van der Waals surface area contributed by atoms with Gasteiger partial charge >= 0.3 is 0 Å². The van der Waals surface area contributed by atoms with E-state index in [1.807, 2.05) is 30.3 Å². The molecule has 2 nitrogen and oxygen atoms in total. The van der Waals surface area contributed by atoms with Gasteiger partial charge in [-0.15, -0.1) is 0 Å². The lowest BCUT2D eigenvalue weighted by Gasteiger charge is -2.18. The zero-order chi connectivity index (χ0) is 15.1. The smallest absolute Gasteiger partial charge is 0.296 e. The van der Waals surface area contributed by atoms with E-state index in [-0.39, 0.29) is 11.9 Å². The lowest BCUT2D eigenvalue weighted by atomic mass is 9.98. The number of amides is 1. The molecule has 2 aromatic rings. The Morgan fingerprint density at radius 2 is 1.76 bits per heavy atom. The molecule has 0 aromatic heterocycles. The Morgan fingerprint density at radius 3 is 2.38 bits per heavy atom. The summed E-state index contributed by atoms with van der Waals surface area (Å²) in [5.41, 5.74) is 3.51. The molecule has 1 unspecified atom stereocenters. The van der Waals surface area contributed by atoms with Gasteiger partial charge in [0, 0.05) is 0 Å². The second kappa shape index (κ2) is 7.31. The summed E-state index contributed by atoms with van der Waals surface area (Å²) in [5.74, 6) is 4.94. The molecule has 1 N–H and O–H groups in total. The molecule has 0 bridgehead atoms. The van der Waals surface area contributed by atoms with Crippen LogP contribution in [0.5, 0.6) is 0 Å². The number of carbonyl (C=O) groups is 1. The van der Waals surface area contributed by atoms with Crippen LogP contribution in [0.2, 0.25) is 0 Å². The molecule has 106 valence electrons. The van der Waals surface area contributed by atoms with Crippen LogP contribution in [0.1, 0.15) is 29.7 Å². The van der Waals surface area contributed by atoms with Crippen molar-refractivity contribution < 1.29 is 4.79 Å². The van der Waals surface area contributed by atoms with E-state index >= 15 is 0 Å². The number of hydrogen-bond donors (Lipinski definition) is 1. The first-order chi connectivity index (χ1) is 10.2. The molecule has 0 saturated carbocycles. The van der Waals surface area contributed by atoms with Crippen molar-refractivity contribution in [1.82, 2.24) is 5.32 Å². The first-order valence-electron chi connectivity index (χ1n) is 7.03. The van der Waals surface area contributed by atoms with Gasteiger partial charge in [0.25, 0.3) is 5.91 Å². The van der Waals surface area contributed by atoms with Crippen LogP contribution in [-0.2, 0) is 11.2 Å². The maximum absolute atomic E-state index is 11.8. The Hall–Kier alpha value is -2.53. The van der Waals surface area contributed by atoms with E-state index in [4.69, 9.17) is 0 Å². The minimum absolute atomic E-state index is 0.0674. The van der Waals surface area contributed by atoms with Crippen LogP contribution < -0.4 is 5.32 Å². The van der Waals surface area contributed by atoms with Gasteiger partial charge in [0.1, 0.15) is 0 Å². The van der Waals surface area contributed by atoms with Gasteiger partial charge in [-0.2, -0.15) is 0 Å². The summed E-state index contributed by atoms with van der Waals surface area (Å²) in [4.78, 5) is 11.8. The molecule has 2 heteroatoms. The highest BCUT2D eigenvalue weighted by Gasteiger charge is 2.14. The fraction of sp³-hybridized carbons (Fsp3) is 0.211. The van der Waals surface area contributed by atoms with E-state index in [1.165, 1.54) is 11.1 Å². The molecular formula is C19H19NO. The quantitative estimate of drug-likeness (QED) is 0.852. The molecular weight excluding hydrogens is 258 g/mol. The van der Waals surface area contributed by atoms with Crippen molar-refractivity contribution in [2.45, 2.75) is 26.3 Å². The molecule has 2 aromatic carbocycles. The maximum Gasteiger partial charge on any atom is 0.296 e. The van der Waals surface area contributed by atoms with Gasteiger partial charge in [-0.05, 0) is 37.3 Å². The van der Waals surface area contributed by atoms with Crippen molar-refractivity contribution in [2.75, 3.05) is 0 Å². The average molecular weight is 277 g/mol. The van der Waals surface area contributed by atoms with Crippen molar-refractivity contribution in [3.63, 3.8) is 0 Å². The topological polar surface area (TPSA) is 29.1 Å². The number of hydrogen-bond acceptors (Lipinski definition) is 1. The molecule has 0 radical (unpaired) electrons. The van der Waals surface area contributed by atoms with Gasteiger partial charge in [0.2, 0.25) is 0 Å². The van der Waals surface area contributed by atoms with Crippen molar-refractivity contribution in [1.29, 1.82) is 0 Å². The number of carbonyl (C=O) groups excluding carboxylic acids is 1. The minimum Gasteiger partial charge on any atom is -0.338 e. The zero-order valence-electron chi connectivity index (χ0n) is 12.4. The highest BCUT2D eigenvalue weighted by Crippen LogP contribution is 2.18. The first kappa shape index (κ1) is 14.9.